The third-order valence-electron chi connectivity index (χ3n) is 2.17. The molecule has 0 saturated carbocycles. The number of benzene rings is 1. The highest BCUT2D eigenvalue weighted by Gasteiger charge is 2.35. The summed E-state index contributed by atoms with van der Waals surface area (Å²) >= 11 is 0. The van der Waals surface area contributed by atoms with E-state index in [2.05, 4.69) is 4.74 Å². The first kappa shape index (κ1) is 16.2. The normalized spacial score (nSPS) is 12.5. The van der Waals surface area contributed by atoms with E-state index in [0.29, 0.717) is 10.4 Å². The summed E-state index contributed by atoms with van der Waals surface area (Å²) in [6, 6.07) is 2.13. The van der Waals surface area contributed by atoms with Crippen molar-refractivity contribution in [2.75, 3.05) is 14.1 Å². The molecule has 6 nitrogen and oxygen atoms in total. The first-order valence-corrected chi connectivity index (χ1v) is 6.45. The van der Waals surface area contributed by atoms with Gasteiger partial charge < -0.3 is 9.84 Å². The Bertz CT molecular complexity index is 624. The van der Waals surface area contributed by atoms with Gasteiger partial charge in [0, 0.05) is 14.1 Å². The SMILES string of the molecule is CN(C)S(=O)(=O)c1ccc(C(=O)O)cc1OC(F)(F)F. The van der Waals surface area contributed by atoms with Crippen LogP contribution in [0.15, 0.2) is 23.1 Å². The van der Waals surface area contributed by atoms with Gasteiger partial charge in [-0.25, -0.2) is 17.5 Å². The molecule has 0 bridgehead atoms. The molecular weight excluding hydrogens is 303 g/mol. The van der Waals surface area contributed by atoms with Crippen molar-refractivity contribution >= 4 is 16.0 Å². The minimum atomic E-state index is -5.15. The molecule has 0 radical (unpaired) electrons. The Labute approximate surface area is 112 Å². The minimum absolute atomic E-state index is 0.506. The molecule has 0 aromatic heterocycles. The number of halogens is 3. The second-order valence-electron chi connectivity index (χ2n) is 3.80. The minimum Gasteiger partial charge on any atom is -0.478 e. The summed E-state index contributed by atoms with van der Waals surface area (Å²) in [5.74, 6) is -2.60. The summed E-state index contributed by atoms with van der Waals surface area (Å²) in [7, 11) is -1.96. The van der Waals surface area contributed by atoms with E-state index in [0.717, 1.165) is 26.2 Å². The quantitative estimate of drug-likeness (QED) is 0.911. The van der Waals surface area contributed by atoms with E-state index in [1.54, 1.807) is 0 Å². The van der Waals surface area contributed by atoms with E-state index in [4.69, 9.17) is 5.11 Å². The lowest BCUT2D eigenvalue weighted by Crippen LogP contribution is -2.25. The highest BCUT2D eigenvalue weighted by molar-refractivity contribution is 7.89. The zero-order chi connectivity index (χ0) is 15.7. The molecule has 0 aliphatic carbocycles. The molecule has 0 aliphatic rings. The molecule has 0 atom stereocenters. The molecule has 20 heavy (non-hydrogen) atoms. The van der Waals surface area contributed by atoms with Crippen LogP contribution < -0.4 is 4.74 Å². The van der Waals surface area contributed by atoms with Gasteiger partial charge in [0.15, 0.2) is 0 Å². The number of carboxylic acids is 1. The van der Waals surface area contributed by atoms with Crippen LogP contribution in [0.5, 0.6) is 5.75 Å². The highest BCUT2D eigenvalue weighted by atomic mass is 32.2. The number of alkyl halides is 3. The van der Waals surface area contributed by atoms with Crippen LogP contribution in [0.1, 0.15) is 10.4 Å². The van der Waals surface area contributed by atoms with Crippen molar-refractivity contribution in [1.82, 2.24) is 4.31 Å². The molecule has 112 valence electrons. The lowest BCUT2D eigenvalue weighted by atomic mass is 10.2. The third kappa shape index (κ3) is 3.61. The number of sulfonamides is 1. The van der Waals surface area contributed by atoms with Crippen LogP contribution in [0, 0.1) is 0 Å². The number of hydrogen-bond donors (Lipinski definition) is 1. The standard InChI is InChI=1S/C10H10F3NO5S/c1-14(2)20(17,18)8-4-3-6(9(15)16)5-7(8)19-10(11,12)13/h3-5H,1-2H3,(H,15,16). The van der Waals surface area contributed by atoms with Gasteiger partial charge in [0.05, 0.1) is 5.56 Å². The molecule has 1 rings (SSSR count). The van der Waals surface area contributed by atoms with Gasteiger partial charge in [-0.1, -0.05) is 0 Å². The monoisotopic (exact) mass is 313 g/mol. The molecule has 10 heteroatoms. The van der Waals surface area contributed by atoms with Gasteiger partial charge in [0.1, 0.15) is 10.6 Å². The number of nitrogens with zero attached hydrogens (tertiary/aromatic N) is 1. The Morgan fingerprint density at radius 2 is 1.85 bits per heavy atom. The van der Waals surface area contributed by atoms with Crippen LogP contribution in [0.2, 0.25) is 0 Å². The molecule has 1 aromatic rings. The molecule has 0 amide bonds. The van der Waals surface area contributed by atoms with E-state index in [1.165, 1.54) is 0 Å². The second kappa shape index (κ2) is 5.29. The summed E-state index contributed by atoms with van der Waals surface area (Å²) in [4.78, 5) is 9.94. The summed E-state index contributed by atoms with van der Waals surface area (Å²) in [6.45, 7) is 0. The summed E-state index contributed by atoms with van der Waals surface area (Å²) in [5.41, 5.74) is -0.526. The molecular formula is C10H10F3NO5S. The molecule has 0 fully saturated rings. The number of hydrogen-bond acceptors (Lipinski definition) is 4. The Balaban J connectivity index is 3.49. The number of carbonyl (C=O) groups is 1. The van der Waals surface area contributed by atoms with Crippen LogP contribution in [0.25, 0.3) is 0 Å². The van der Waals surface area contributed by atoms with Crippen LogP contribution in [0.3, 0.4) is 0 Å². The van der Waals surface area contributed by atoms with Crippen molar-refractivity contribution in [3.8, 4) is 5.75 Å². The van der Waals surface area contributed by atoms with Gasteiger partial charge in [0.2, 0.25) is 10.0 Å². The lowest BCUT2D eigenvalue weighted by Gasteiger charge is -2.17. The smallest absolute Gasteiger partial charge is 0.478 e. The summed E-state index contributed by atoms with van der Waals surface area (Å²) in [5, 5.41) is 8.71. The zero-order valence-electron chi connectivity index (χ0n) is 10.3. The van der Waals surface area contributed by atoms with Gasteiger partial charge in [-0.15, -0.1) is 13.2 Å². The number of rotatable bonds is 4. The fourth-order valence-electron chi connectivity index (χ4n) is 1.26. The molecule has 0 spiro atoms. The van der Waals surface area contributed by atoms with Crippen LogP contribution in [-0.4, -0.2) is 44.3 Å². The molecule has 0 saturated heterocycles. The Hall–Kier alpha value is -1.81. The summed E-state index contributed by atoms with van der Waals surface area (Å²) < 4.78 is 64.8. The lowest BCUT2D eigenvalue weighted by molar-refractivity contribution is -0.275. The van der Waals surface area contributed by atoms with Crippen LogP contribution in [0.4, 0.5) is 13.2 Å². The molecule has 0 aliphatic heterocycles. The molecule has 1 N–H and O–H groups in total. The average molecular weight is 313 g/mol. The second-order valence-corrected chi connectivity index (χ2v) is 5.92. The Morgan fingerprint density at radius 1 is 1.30 bits per heavy atom. The highest BCUT2D eigenvalue weighted by Crippen LogP contribution is 2.31. The maximum Gasteiger partial charge on any atom is 0.573 e. The zero-order valence-corrected chi connectivity index (χ0v) is 11.1. The predicted octanol–water partition coefficient (Wildman–Crippen LogP) is 1.53. The first-order valence-electron chi connectivity index (χ1n) is 5.01. The van der Waals surface area contributed by atoms with E-state index in [1.807, 2.05) is 0 Å². The molecule has 0 heterocycles. The number of ether oxygens (including phenoxy) is 1. The van der Waals surface area contributed by atoms with E-state index < -0.39 is 38.6 Å². The molecule has 0 unspecified atom stereocenters. The maximum atomic E-state index is 12.3. The predicted molar refractivity (Wildman–Crippen MR) is 61.0 cm³/mol. The van der Waals surface area contributed by atoms with Crippen molar-refractivity contribution in [3.63, 3.8) is 0 Å². The number of carboxylic acid groups (broad SMARTS) is 1. The third-order valence-corrected chi connectivity index (χ3v) is 4.03. The van der Waals surface area contributed by atoms with Crippen LogP contribution in [-0.2, 0) is 10.0 Å². The fourth-order valence-corrected chi connectivity index (χ4v) is 2.24. The van der Waals surface area contributed by atoms with E-state index >= 15 is 0 Å². The van der Waals surface area contributed by atoms with Crippen molar-refractivity contribution in [2.45, 2.75) is 11.3 Å². The van der Waals surface area contributed by atoms with Crippen molar-refractivity contribution in [1.29, 1.82) is 0 Å². The van der Waals surface area contributed by atoms with Crippen LogP contribution >= 0.6 is 0 Å². The first-order chi connectivity index (χ1) is 8.95. The van der Waals surface area contributed by atoms with Gasteiger partial charge in [-0.05, 0) is 18.2 Å². The van der Waals surface area contributed by atoms with Crippen molar-refractivity contribution in [3.05, 3.63) is 23.8 Å². The van der Waals surface area contributed by atoms with E-state index in [-0.39, 0.29) is 0 Å². The van der Waals surface area contributed by atoms with Gasteiger partial charge in [-0.3, -0.25) is 0 Å². The Morgan fingerprint density at radius 3 is 2.25 bits per heavy atom. The van der Waals surface area contributed by atoms with Gasteiger partial charge >= 0.3 is 12.3 Å². The van der Waals surface area contributed by atoms with Crippen molar-refractivity contribution in [2.24, 2.45) is 0 Å². The van der Waals surface area contributed by atoms with Gasteiger partial charge in [-0.2, -0.15) is 0 Å². The number of aromatic carboxylic acids is 1. The van der Waals surface area contributed by atoms with Gasteiger partial charge in [0.25, 0.3) is 0 Å². The Kier molecular flexibility index (Phi) is 4.30. The average Bonchev–Trinajstić information content (AvgIpc) is 2.25. The molecule has 1 aromatic carbocycles. The van der Waals surface area contributed by atoms with E-state index in [9.17, 15) is 26.4 Å². The van der Waals surface area contributed by atoms with Crippen molar-refractivity contribution < 1.29 is 36.2 Å². The topological polar surface area (TPSA) is 83.9 Å². The summed E-state index contributed by atoms with van der Waals surface area (Å²) in [6.07, 6.45) is -5.15. The maximum absolute atomic E-state index is 12.3. The largest absolute Gasteiger partial charge is 0.573 e. The fraction of sp³-hybridized carbons (Fsp3) is 0.300.